The van der Waals surface area contributed by atoms with Gasteiger partial charge in [-0.1, -0.05) is 29.3 Å². The van der Waals surface area contributed by atoms with E-state index in [9.17, 15) is 18.5 Å². The largest absolute Gasteiger partial charge is 0.395 e. The lowest BCUT2D eigenvalue weighted by Crippen LogP contribution is -2.17. The highest BCUT2D eigenvalue weighted by molar-refractivity contribution is 7.91. The van der Waals surface area contributed by atoms with Crippen molar-refractivity contribution in [2.75, 3.05) is 23.2 Å². The standard InChI is InChI=1S/C15H15Cl2N3O5S/c16-12-3-1-10(7-13(12)17)9-26(24,25)19-15-8-11(20(22)23)2-4-14(15)18-5-6-21/h1-4,7-8,18-19,21H,5-6,9H2. The first kappa shape index (κ1) is 20.2. The SMILES string of the molecule is O=[N+]([O-])c1ccc(NCCO)c(NS(=O)(=O)Cc2ccc(Cl)c(Cl)c2)c1. The second kappa shape index (κ2) is 8.54. The van der Waals surface area contributed by atoms with E-state index in [1.807, 2.05) is 0 Å². The molecule has 0 aliphatic rings. The molecule has 0 heterocycles. The second-order valence-corrected chi connectivity index (χ2v) is 7.78. The van der Waals surface area contributed by atoms with Gasteiger partial charge < -0.3 is 10.4 Å². The van der Waals surface area contributed by atoms with E-state index in [2.05, 4.69) is 10.0 Å². The lowest BCUT2D eigenvalue weighted by Gasteiger charge is -2.14. The van der Waals surface area contributed by atoms with Gasteiger partial charge in [0.2, 0.25) is 10.0 Å². The Hall–Kier alpha value is -2.07. The summed E-state index contributed by atoms with van der Waals surface area (Å²) in [5.41, 5.74) is 0.448. The topological polar surface area (TPSA) is 122 Å². The summed E-state index contributed by atoms with van der Waals surface area (Å²) >= 11 is 11.7. The first-order valence-electron chi connectivity index (χ1n) is 7.29. The van der Waals surface area contributed by atoms with Gasteiger partial charge in [0.15, 0.2) is 0 Å². The number of halogens is 2. The van der Waals surface area contributed by atoms with Crippen molar-refractivity contribution in [3.63, 3.8) is 0 Å². The fourth-order valence-electron chi connectivity index (χ4n) is 2.13. The van der Waals surface area contributed by atoms with Crippen LogP contribution in [0.4, 0.5) is 17.1 Å². The zero-order valence-electron chi connectivity index (χ0n) is 13.3. The Morgan fingerprint density at radius 2 is 1.81 bits per heavy atom. The number of hydrogen-bond donors (Lipinski definition) is 3. The fraction of sp³-hybridized carbons (Fsp3) is 0.200. The summed E-state index contributed by atoms with van der Waals surface area (Å²) in [6.45, 7) is -0.0359. The summed E-state index contributed by atoms with van der Waals surface area (Å²) in [5, 5.41) is 23.2. The molecule has 2 aromatic rings. The highest BCUT2D eigenvalue weighted by atomic mass is 35.5. The number of nitro groups is 1. The number of nitro benzene ring substituents is 1. The van der Waals surface area contributed by atoms with Gasteiger partial charge in [-0.3, -0.25) is 14.8 Å². The van der Waals surface area contributed by atoms with Crippen LogP contribution < -0.4 is 10.0 Å². The molecule has 0 fully saturated rings. The molecule has 0 aromatic heterocycles. The van der Waals surface area contributed by atoms with Crippen LogP contribution in [0.2, 0.25) is 10.0 Å². The number of non-ortho nitro benzene ring substituents is 1. The van der Waals surface area contributed by atoms with E-state index in [0.29, 0.717) is 16.3 Å². The quantitative estimate of drug-likeness (QED) is 0.445. The average molecular weight is 420 g/mol. The molecule has 0 atom stereocenters. The fourth-order valence-corrected chi connectivity index (χ4v) is 3.64. The van der Waals surface area contributed by atoms with Gasteiger partial charge in [0.25, 0.3) is 5.69 Å². The number of sulfonamides is 1. The van der Waals surface area contributed by atoms with Crippen LogP contribution in [0.5, 0.6) is 0 Å². The van der Waals surface area contributed by atoms with Crippen LogP contribution >= 0.6 is 23.2 Å². The predicted molar refractivity (Wildman–Crippen MR) is 101 cm³/mol. The molecule has 0 saturated heterocycles. The Balaban J connectivity index is 2.29. The maximum absolute atomic E-state index is 12.4. The number of benzene rings is 2. The van der Waals surface area contributed by atoms with Crippen molar-refractivity contribution in [1.82, 2.24) is 0 Å². The zero-order valence-corrected chi connectivity index (χ0v) is 15.6. The van der Waals surface area contributed by atoms with Gasteiger partial charge in [0, 0.05) is 18.7 Å². The van der Waals surface area contributed by atoms with E-state index in [1.54, 1.807) is 0 Å². The van der Waals surface area contributed by atoms with Crippen LogP contribution in [0.3, 0.4) is 0 Å². The first-order chi connectivity index (χ1) is 12.2. The summed E-state index contributed by atoms with van der Waals surface area (Å²) in [7, 11) is -3.88. The highest BCUT2D eigenvalue weighted by Gasteiger charge is 2.18. The van der Waals surface area contributed by atoms with Crippen molar-refractivity contribution in [2.45, 2.75) is 5.75 Å². The van der Waals surface area contributed by atoms with E-state index in [1.165, 1.54) is 30.3 Å². The molecule has 0 radical (unpaired) electrons. The van der Waals surface area contributed by atoms with Crippen LogP contribution in [0, 0.1) is 10.1 Å². The Kier molecular flexibility index (Phi) is 6.65. The molecule has 140 valence electrons. The minimum Gasteiger partial charge on any atom is -0.395 e. The monoisotopic (exact) mass is 419 g/mol. The molecule has 3 N–H and O–H groups in total. The van der Waals surface area contributed by atoms with Gasteiger partial charge >= 0.3 is 0 Å². The Morgan fingerprint density at radius 3 is 2.42 bits per heavy atom. The maximum Gasteiger partial charge on any atom is 0.271 e. The summed E-state index contributed by atoms with van der Waals surface area (Å²) in [4.78, 5) is 10.3. The summed E-state index contributed by atoms with van der Waals surface area (Å²) in [5.74, 6) is -0.397. The van der Waals surface area contributed by atoms with Crippen LogP contribution in [0.25, 0.3) is 0 Å². The summed E-state index contributed by atoms with van der Waals surface area (Å²) in [6, 6.07) is 8.14. The predicted octanol–water partition coefficient (Wildman–Crippen LogP) is 3.25. The van der Waals surface area contributed by atoms with Gasteiger partial charge in [-0.25, -0.2) is 8.42 Å². The van der Waals surface area contributed by atoms with Gasteiger partial charge in [-0.2, -0.15) is 0 Å². The number of hydrogen-bond acceptors (Lipinski definition) is 6. The number of nitrogens with one attached hydrogen (secondary N) is 2. The van der Waals surface area contributed by atoms with Crippen LogP contribution in [0.1, 0.15) is 5.56 Å². The molecule has 2 aromatic carbocycles. The summed E-state index contributed by atoms with van der Waals surface area (Å²) < 4.78 is 27.2. The van der Waals surface area contributed by atoms with Crippen molar-refractivity contribution in [3.8, 4) is 0 Å². The van der Waals surface area contributed by atoms with Crippen molar-refractivity contribution in [3.05, 3.63) is 62.1 Å². The van der Waals surface area contributed by atoms with E-state index < -0.39 is 20.7 Å². The highest BCUT2D eigenvalue weighted by Crippen LogP contribution is 2.29. The minimum absolute atomic E-state index is 0.00714. The van der Waals surface area contributed by atoms with Crippen LogP contribution in [0.15, 0.2) is 36.4 Å². The first-order valence-corrected chi connectivity index (χ1v) is 9.70. The van der Waals surface area contributed by atoms with E-state index in [-0.39, 0.29) is 29.5 Å². The van der Waals surface area contributed by atoms with Crippen LogP contribution in [-0.2, 0) is 15.8 Å². The maximum atomic E-state index is 12.4. The Labute approximate surface area is 159 Å². The minimum atomic E-state index is -3.88. The van der Waals surface area contributed by atoms with Gasteiger partial charge in [-0.05, 0) is 23.8 Å². The second-order valence-electron chi connectivity index (χ2n) is 5.25. The molecular weight excluding hydrogens is 405 g/mol. The number of aliphatic hydroxyl groups excluding tert-OH is 1. The molecule has 0 unspecified atom stereocenters. The molecule has 26 heavy (non-hydrogen) atoms. The molecule has 0 amide bonds. The number of aliphatic hydroxyl groups is 1. The van der Waals surface area contributed by atoms with Gasteiger partial charge in [0.05, 0.1) is 38.7 Å². The molecule has 0 spiro atoms. The van der Waals surface area contributed by atoms with Crippen LogP contribution in [-0.4, -0.2) is 31.6 Å². The molecule has 11 heteroatoms. The molecule has 8 nitrogen and oxygen atoms in total. The van der Waals surface area contributed by atoms with E-state index in [4.69, 9.17) is 28.3 Å². The smallest absolute Gasteiger partial charge is 0.271 e. The average Bonchev–Trinajstić information content (AvgIpc) is 2.56. The molecule has 2 rings (SSSR count). The van der Waals surface area contributed by atoms with Crippen molar-refractivity contribution < 1.29 is 18.4 Å². The molecule has 0 aliphatic carbocycles. The normalized spacial score (nSPS) is 11.2. The van der Waals surface area contributed by atoms with Crippen molar-refractivity contribution in [1.29, 1.82) is 0 Å². The number of nitrogens with zero attached hydrogens (tertiary/aromatic N) is 1. The van der Waals surface area contributed by atoms with E-state index >= 15 is 0 Å². The molecule has 0 saturated carbocycles. The molecule has 0 aliphatic heterocycles. The molecular formula is C15H15Cl2N3O5S. The van der Waals surface area contributed by atoms with Crippen molar-refractivity contribution >= 4 is 50.3 Å². The molecule has 0 bridgehead atoms. The Morgan fingerprint density at radius 1 is 1.08 bits per heavy atom. The van der Waals surface area contributed by atoms with Crippen molar-refractivity contribution in [2.24, 2.45) is 0 Å². The van der Waals surface area contributed by atoms with Gasteiger partial charge in [0.1, 0.15) is 0 Å². The third-order valence-electron chi connectivity index (χ3n) is 3.25. The lowest BCUT2D eigenvalue weighted by atomic mass is 10.2. The third-order valence-corrected chi connectivity index (χ3v) is 5.23. The van der Waals surface area contributed by atoms with E-state index in [0.717, 1.165) is 6.07 Å². The number of anilines is 2. The zero-order chi connectivity index (χ0) is 19.3. The Bertz CT molecular complexity index is 921. The third kappa shape index (κ3) is 5.46. The number of rotatable bonds is 8. The van der Waals surface area contributed by atoms with Gasteiger partial charge in [-0.15, -0.1) is 0 Å². The summed E-state index contributed by atoms with van der Waals surface area (Å²) in [6.07, 6.45) is 0. The lowest BCUT2D eigenvalue weighted by molar-refractivity contribution is -0.384.